The number of hydrogen-bond donors (Lipinski definition) is 1. The highest BCUT2D eigenvalue weighted by Gasteiger charge is 2.34. The molecule has 2 N–H and O–H groups in total. The second kappa shape index (κ2) is 7.14. The molecule has 122 valence electrons. The predicted molar refractivity (Wildman–Crippen MR) is 92.9 cm³/mol. The summed E-state index contributed by atoms with van der Waals surface area (Å²) in [4.78, 5) is 0. The van der Waals surface area contributed by atoms with Crippen LogP contribution in [-0.4, -0.2) is 24.7 Å². The zero-order valence-corrected chi connectivity index (χ0v) is 14.3. The van der Waals surface area contributed by atoms with E-state index < -0.39 is 0 Å². The summed E-state index contributed by atoms with van der Waals surface area (Å²) in [5.41, 5.74) is 7.66. The van der Waals surface area contributed by atoms with Crippen LogP contribution < -0.4 is 15.2 Å². The van der Waals surface area contributed by atoms with E-state index in [9.17, 15) is 0 Å². The van der Waals surface area contributed by atoms with Crippen molar-refractivity contribution in [3.05, 3.63) is 23.8 Å². The molecule has 3 nitrogen and oxygen atoms in total. The minimum Gasteiger partial charge on any atom is -0.493 e. The molecule has 0 radical (unpaired) electrons. The van der Waals surface area contributed by atoms with Crippen molar-refractivity contribution in [3.63, 3.8) is 0 Å². The molecular formula is C18H27NO2S. The van der Waals surface area contributed by atoms with Crippen molar-refractivity contribution in [1.82, 2.24) is 0 Å². The summed E-state index contributed by atoms with van der Waals surface area (Å²) in [7, 11) is 1.72. The first-order valence-corrected chi connectivity index (χ1v) is 9.59. The van der Waals surface area contributed by atoms with Crippen LogP contribution in [0.5, 0.6) is 11.5 Å². The summed E-state index contributed by atoms with van der Waals surface area (Å²) in [6.45, 7) is 0. The SMILES string of the molecule is COc1cccc(C2(N)CCCCC2)c1OC1CCSCC1. The molecule has 0 amide bonds. The van der Waals surface area contributed by atoms with Gasteiger partial charge in [-0.2, -0.15) is 11.8 Å². The van der Waals surface area contributed by atoms with Crippen LogP contribution in [0.25, 0.3) is 0 Å². The largest absolute Gasteiger partial charge is 0.493 e. The fraction of sp³-hybridized carbons (Fsp3) is 0.667. The van der Waals surface area contributed by atoms with E-state index in [1.165, 1.54) is 30.8 Å². The van der Waals surface area contributed by atoms with Gasteiger partial charge in [0, 0.05) is 11.1 Å². The number of thioether (sulfide) groups is 1. The van der Waals surface area contributed by atoms with Gasteiger partial charge in [0.2, 0.25) is 0 Å². The second-order valence-electron chi connectivity index (χ2n) is 6.48. The van der Waals surface area contributed by atoms with Crippen LogP contribution in [0.3, 0.4) is 0 Å². The van der Waals surface area contributed by atoms with Crippen LogP contribution in [-0.2, 0) is 5.54 Å². The maximum atomic E-state index is 6.77. The first kappa shape index (κ1) is 16.0. The molecule has 1 saturated heterocycles. The molecule has 22 heavy (non-hydrogen) atoms. The van der Waals surface area contributed by atoms with Gasteiger partial charge in [-0.1, -0.05) is 31.4 Å². The van der Waals surface area contributed by atoms with Gasteiger partial charge in [0.1, 0.15) is 6.10 Å². The highest BCUT2D eigenvalue weighted by molar-refractivity contribution is 7.99. The monoisotopic (exact) mass is 321 g/mol. The van der Waals surface area contributed by atoms with Gasteiger partial charge in [-0.25, -0.2) is 0 Å². The zero-order valence-electron chi connectivity index (χ0n) is 13.5. The molecule has 1 aromatic carbocycles. The van der Waals surface area contributed by atoms with Gasteiger partial charge in [-0.15, -0.1) is 0 Å². The lowest BCUT2D eigenvalue weighted by Gasteiger charge is -2.36. The normalized spacial score (nSPS) is 22.3. The van der Waals surface area contributed by atoms with Crippen molar-refractivity contribution in [2.45, 2.75) is 56.6 Å². The summed E-state index contributed by atoms with van der Waals surface area (Å²) in [6, 6.07) is 6.17. The Labute approximate surface area is 137 Å². The standard InChI is InChI=1S/C18H27NO2S/c1-20-16-7-5-6-15(18(19)10-3-2-4-11-18)17(16)21-14-8-12-22-13-9-14/h5-7,14H,2-4,8-13,19H2,1H3. The highest BCUT2D eigenvalue weighted by atomic mass is 32.2. The van der Waals surface area contributed by atoms with Crippen LogP contribution in [0.1, 0.15) is 50.5 Å². The maximum Gasteiger partial charge on any atom is 0.166 e. The molecule has 0 aromatic heterocycles. The first-order chi connectivity index (χ1) is 10.7. The van der Waals surface area contributed by atoms with Crippen LogP contribution >= 0.6 is 11.8 Å². The van der Waals surface area contributed by atoms with Gasteiger partial charge < -0.3 is 15.2 Å². The fourth-order valence-corrected chi connectivity index (χ4v) is 4.67. The molecule has 3 rings (SSSR count). The quantitative estimate of drug-likeness (QED) is 0.907. The lowest BCUT2D eigenvalue weighted by Crippen LogP contribution is -2.39. The lowest BCUT2D eigenvalue weighted by atomic mass is 9.77. The van der Waals surface area contributed by atoms with Crippen molar-refractivity contribution >= 4 is 11.8 Å². The Morgan fingerprint density at radius 3 is 2.55 bits per heavy atom. The van der Waals surface area contributed by atoms with E-state index in [-0.39, 0.29) is 5.54 Å². The molecule has 1 aliphatic carbocycles. The Morgan fingerprint density at radius 2 is 1.86 bits per heavy atom. The van der Waals surface area contributed by atoms with Crippen molar-refractivity contribution in [2.24, 2.45) is 5.73 Å². The van der Waals surface area contributed by atoms with E-state index in [0.29, 0.717) is 6.10 Å². The molecule has 1 saturated carbocycles. The molecule has 1 aromatic rings. The third-order valence-electron chi connectivity index (χ3n) is 4.93. The molecule has 2 aliphatic rings. The van der Waals surface area contributed by atoms with Gasteiger partial charge in [0.05, 0.1) is 7.11 Å². The molecule has 4 heteroatoms. The topological polar surface area (TPSA) is 44.5 Å². The van der Waals surface area contributed by atoms with E-state index in [2.05, 4.69) is 6.07 Å². The van der Waals surface area contributed by atoms with Gasteiger partial charge in [0.25, 0.3) is 0 Å². The van der Waals surface area contributed by atoms with Crippen molar-refractivity contribution in [1.29, 1.82) is 0 Å². The third kappa shape index (κ3) is 3.38. The van der Waals surface area contributed by atoms with E-state index >= 15 is 0 Å². The third-order valence-corrected chi connectivity index (χ3v) is 5.98. The van der Waals surface area contributed by atoms with Crippen LogP contribution in [0, 0.1) is 0 Å². The average molecular weight is 321 g/mol. The summed E-state index contributed by atoms with van der Waals surface area (Å²) in [5, 5.41) is 0. The Kier molecular flexibility index (Phi) is 5.19. The number of hydrogen-bond acceptors (Lipinski definition) is 4. The molecule has 2 fully saturated rings. The molecule has 0 atom stereocenters. The van der Waals surface area contributed by atoms with Crippen molar-refractivity contribution < 1.29 is 9.47 Å². The molecule has 0 bridgehead atoms. The summed E-state index contributed by atoms with van der Waals surface area (Å²) in [5.74, 6) is 4.09. The predicted octanol–water partition coefficient (Wildman–Crippen LogP) is 4.09. The van der Waals surface area contributed by atoms with Gasteiger partial charge in [-0.05, 0) is 43.3 Å². The van der Waals surface area contributed by atoms with Gasteiger partial charge in [0.15, 0.2) is 11.5 Å². The number of methoxy groups -OCH3 is 1. The van der Waals surface area contributed by atoms with E-state index in [1.54, 1.807) is 7.11 Å². The number of rotatable bonds is 4. The molecule has 0 unspecified atom stereocenters. The molecular weight excluding hydrogens is 294 g/mol. The summed E-state index contributed by atoms with van der Waals surface area (Å²) >= 11 is 2.01. The van der Waals surface area contributed by atoms with Crippen LogP contribution in [0.15, 0.2) is 18.2 Å². The number of ether oxygens (including phenoxy) is 2. The number of benzene rings is 1. The average Bonchev–Trinajstić information content (AvgIpc) is 2.56. The Bertz CT molecular complexity index is 494. The first-order valence-electron chi connectivity index (χ1n) is 8.44. The minimum atomic E-state index is -0.258. The second-order valence-corrected chi connectivity index (χ2v) is 7.71. The van der Waals surface area contributed by atoms with Crippen molar-refractivity contribution in [3.8, 4) is 11.5 Å². The van der Waals surface area contributed by atoms with E-state index in [1.807, 2.05) is 23.9 Å². The Hall–Kier alpha value is -0.870. The van der Waals surface area contributed by atoms with Gasteiger partial charge >= 0.3 is 0 Å². The minimum absolute atomic E-state index is 0.258. The van der Waals surface area contributed by atoms with Gasteiger partial charge in [-0.3, -0.25) is 0 Å². The van der Waals surface area contributed by atoms with Crippen molar-refractivity contribution in [2.75, 3.05) is 18.6 Å². The Balaban J connectivity index is 1.91. The fourth-order valence-electron chi connectivity index (χ4n) is 3.60. The van der Waals surface area contributed by atoms with E-state index in [0.717, 1.165) is 42.7 Å². The highest BCUT2D eigenvalue weighted by Crippen LogP contribution is 2.44. The summed E-state index contributed by atoms with van der Waals surface area (Å²) in [6.07, 6.45) is 8.29. The number of para-hydroxylation sites is 1. The maximum absolute atomic E-state index is 6.77. The smallest absolute Gasteiger partial charge is 0.166 e. The lowest BCUT2D eigenvalue weighted by molar-refractivity contribution is 0.175. The molecule has 1 aliphatic heterocycles. The molecule has 1 heterocycles. The molecule has 0 spiro atoms. The summed E-state index contributed by atoms with van der Waals surface area (Å²) < 4.78 is 12.0. The number of nitrogens with two attached hydrogens (primary N) is 1. The Morgan fingerprint density at radius 1 is 1.14 bits per heavy atom. The van der Waals surface area contributed by atoms with Crippen LogP contribution in [0.2, 0.25) is 0 Å². The van der Waals surface area contributed by atoms with E-state index in [4.69, 9.17) is 15.2 Å². The zero-order chi connectivity index (χ0) is 15.4. The van der Waals surface area contributed by atoms with Crippen LogP contribution in [0.4, 0.5) is 0 Å².